The topological polar surface area (TPSA) is 67.1 Å². The zero-order valence-corrected chi connectivity index (χ0v) is 14.6. The third-order valence-electron chi connectivity index (χ3n) is 3.93. The number of nitrogens with one attached hydrogen (secondary N) is 1. The number of amides is 1. The smallest absolute Gasteiger partial charge is 0.264 e. The lowest BCUT2D eigenvalue weighted by Crippen LogP contribution is -2.35. The van der Waals surface area contributed by atoms with Crippen LogP contribution in [-0.2, 0) is 9.53 Å². The van der Waals surface area contributed by atoms with Gasteiger partial charge in [-0.05, 0) is 30.0 Å². The maximum atomic E-state index is 13.7. The molecule has 0 spiro atoms. The lowest BCUT2D eigenvalue weighted by molar-refractivity contribution is -0.115. The number of carbonyl (C=O) groups is 1. The Labute approximate surface area is 153 Å². The average molecular weight is 373 g/mol. The van der Waals surface area contributed by atoms with Gasteiger partial charge in [0.2, 0.25) is 0 Å². The number of benzene rings is 1. The number of morpholine rings is 1. The minimum Gasteiger partial charge on any atom is -0.441 e. The van der Waals surface area contributed by atoms with Crippen LogP contribution < -0.4 is 10.2 Å². The van der Waals surface area contributed by atoms with Crippen molar-refractivity contribution in [2.45, 2.75) is 0 Å². The van der Waals surface area contributed by atoms with Crippen LogP contribution in [0.25, 0.3) is 6.08 Å². The molecule has 8 heteroatoms. The summed E-state index contributed by atoms with van der Waals surface area (Å²) in [6.07, 6.45) is 1.66. The van der Waals surface area contributed by atoms with E-state index < -0.39 is 5.82 Å². The highest BCUT2D eigenvalue weighted by atomic mass is 32.2. The molecule has 4 rings (SSSR count). The Kier molecular flexibility index (Phi) is 4.77. The molecule has 0 aliphatic carbocycles. The number of nitrogens with zero attached hydrogens (tertiary/aromatic N) is 2. The Balaban J connectivity index is 1.50. The predicted molar refractivity (Wildman–Crippen MR) is 98.9 cm³/mol. The lowest BCUT2D eigenvalue weighted by Gasteiger charge is -2.26. The number of halogens is 1. The maximum Gasteiger partial charge on any atom is 0.264 e. The van der Waals surface area contributed by atoms with Crippen LogP contribution in [0.4, 0.5) is 16.0 Å². The molecule has 0 atom stereocenters. The van der Waals surface area contributed by atoms with Gasteiger partial charge < -0.3 is 19.4 Å². The van der Waals surface area contributed by atoms with Crippen molar-refractivity contribution in [1.82, 2.24) is 5.32 Å². The summed E-state index contributed by atoms with van der Waals surface area (Å²) in [6, 6.07) is 9.86. The van der Waals surface area contributed by atoms with E-state index in [4.69, 9.17) is 9.15 Å². The highest BCUT2D eigenvalue weighted by Crippen LogP contribution is 2.30. The van der Waals surface area contributed by atoms with Gasteiger partial charge >= 0.3 is 0 Å². The number of rotatable bonds is 3. The first-order chi connectivity index (χ1) is 12.7. The largest absolute Gasteiger partial charge is 0.441 e. The van der Waals surface area contributed by atoms with E-state index in [-0.39, 0.29) is 11.6 Å². The Morgan fingerprint density at radius 2 is 2.00 bits per heavy atom. The van der Waals surface area contributed by atoms with Crippen LogP contribution in [0.1, 0.15) is 5.76 Å². The summed E-state index contributed by atoms with van der Waals surface area (Å²) in [5, 5.41) is 2.98. The van der Waals surface area contributed by atoms with Gasteiger partial charge in [-0.15, -0.1) is 0 Å². The van der Waals surface area contributed by atoms with Gasteiger partial charge in [-0.2, -0.15) is 0 Å². The van der Waals surface area contributed by atoms with Crippen LogP contribution in [0.15, 0.2) is 50.7 Å². The molecule has 134 valence electrons. The molecule has 0 radical (unpaired) electrons. The summed E-state index contributed by atoms with van der Waals surface area (Å²) in [5.41, 5.74) is 0.184. The molecule has 1 amide bonds. The van der Waals surface area contributed by atoms with Crippen molar-refractivity contribution < 1.29 is 18.3 Å². The molecule has 0 saturated carbocycles. The molecule has 1 aromatic carbocycles. The van der Waals surface area contributed by atoms with Crippen molar-refractivity contribution in [3.05, 3.63) is 52.9 Å². The minimum absolute atomic E-state index is 0.184. The monoisotopic (exact) mass is 373 g/mol. The van der Waals surface area contributed by atoms with E-state index in [1.165, 1.54) is 6.07 Å². The summed E-state index contributed by atoms with van der Waals surface area (Å²) in [4.78, 5) is 18.8. The first-order valence-electron chi connectivity index (χ1n) is 8.16. The molecular formula is C18H16FN3O3S. The average Bonchev–Trinajstić information content (AvgIpc) is 3.25. The van der Waals surface area contributed by atoms with Gasteiger partial charge in [-0.1, -0.05) is 12.1 Å². The van der Waals surface area contributed by atoms with Gasteiger partial charge in [0.05, 0.1) is 18.1 Å². The predicted octanol–water partition coefficient (Wildman–Crippen LogP) is 3.15. The van der Waals surface area contributed by atoms with E-state index in [1.54, 1.807) is 24.3 Å². The molecule has 26 heavy (non-hydrogen) atoms. The maximum absolute atomic E-state index is 13.7. The van der Waals surface area contributed by atoms with E-state index >= 15 is 0 Å². The summed E-state index contributed by atoms with van der Waals surface area (Å²) < 4.78 is 24.8. The minimum atomic E-state index is -0.437. The van der Waals surface area contributed by atoms with E-state index in [0.29, 0.717) is 29.0 Å². The number of thioether (sulfide) groups is 1. The van der Waals surface area contributed by atoms with E-state index in [2.05, 4.69) is 15.2 Å². The number of furan rings is 1. The number of anilines is 1. The van der Waals surface area contributed by atoms with Crippen molar-refractivity contribution in [2.24, 2.45) is 4.99 Å². The molecule has 2 aliphatic rings. The summed E-state index contributed by atoms with van der Waals surface area (Å²) in [5.74, 6) is 0.614. The highest BCUT2D eigenvalue weighted by molar-refractivity contribution is 8.18. The van der Waals surface area contributed by atoms with Crippen molar-refractivity contribution in [1.29, 1.82) is 0 Å². The molecule has 0 bridgehead atoms. The first-order valence-corrected chi connectivity index (χ1v) is 8.97. The SMILES string of the molecule is O=C1NC(=Nc2ccccc2F)S/C1=C\c1ccc(N2CCOCC2)o1. The van der Waals surface area contributed by atoms with Crippen LogP contribution in [-0.4, -0.2) is 37.4 Å². The van der Waals surface area contributed by atoms with Crippen molar-refractivity contribution in [3.8, 4) is 0 Å². The van der Waals surface area contributed by atoms with Crippen LogP contribution in [0.2, 0.25) is 0 Å². The van der Waals surface area contributed by atoms with Gasteiger partial charge in [0.25, 0.3) is 5.91 Å². The third kappa shape index (κ3) is 3.66. The van der Waals surface area contributed by atoms with E-state index in [9.17, 15) is 9.18 Å². The number of hydrogen-bond donors (Lipinski definition) is 1. The molecule has 3 heterocycles. The number of aliphatic imine (C=N–C) groups is 1. The first kappa shape index (κ1) is 16.9. The zero-order valence-electron chi connectivity index (χ0n) is 13.8. The fourth-order valence-corrected chi connectivity index (χ4v) is 3.45. The number of ether oxygens (including phenoxy) is 1. The Morgan fingerprint density at radius 3 is 2.81 bits per heavy atom. The fraction of sp³-hybridized carbons (Fsp3) is 0.222. The molecule has 2 saturated heterocycles. The van der Waals surface area contributed by atoms with Crippen LogP contribution in [0, 0.1) is 5.82 Å². The van der Waals surface area contributed by atoms with Gasteiger partial charge in [0.1, 0.15) is 17.3 Å². The van der Waals surface area contributed by atoms with Gasteiger partial charge in [-0.25, -0.2) is 9.38 Å². The van der Waals surface area contributed by atoms with Gasteiger partial charge in [-0.3, -0.25) is 4.79 Å². The lowest BCUT2D eigenvalue weighted by atomic mass is 10.3. The van der Waals surface area contributed by atoms with Crippen molar-refractivity contribution >= 4 is 40.5 Å². The second-order valence-electron chi connectivity index (χ2n) is 5.71. The molecule has 1 aromatic heterocycles. The third-order valence-corrected chi connectivity index (χ3v) is 4.84. The number of carbonyl (C=O) groups excluding carboxylic acids is 1. The Hall–Kier alpha value is -2.58. The summed E-state index contributed by atoms with van der Waals surface area (Å²) in [6.45, 7) is 2.90. The normalized spacial score (nSPS) is 20.8. The molecular weight excluding hydrogens is 357 g/mol. The summed E-state index contributed by atoms with van der Waals surface area (Å²) >= 11 is 1.15. The molecule has 1 N–H and O–H groups in total. The summed E-state index contributed by atoms with van der Waals surface area (Å²) in [7, 11) is 0. The second-order valence-corrected chi connectivity index (χ2v) is 6.74. The van der Waals surface area contributed by atoms with Crippen LogP contribution in [0.3, 0.4) is 0 Å². The van der Waals surface area contributed by atoms with Crippen molar-refractivity contribution in [3.63, 3.8) is 0 Å². The van der Waals surface area contributed by atoms with E-state index in [0.717, 1.165) is 30.7 Å². The second kappa shape index (κ2) is 7.35. The number of para-hydroxylation sites is 1. The quantitative estimate of drug-likeness (QED) is 0.838. The zero-order chi connectivity index (χ0) is 17.9. The Bertz CT molecular complexity index is 887. The highest BCUT2D eigenvalue weighted by Gasteiger charge is 2.25. The molecule has 2 aliphatic heterocycles. The molecule has 0 unspecified atom stereocenters. The van der Waals surface area contributed by atoms with Gasteiger partial charge in [0, 0.05) is 25.2 Å². The standard InChI is InChI=1S/C18H16FN3O3S/c19-13-3-1-2-4-14(13)20-18-21-17(23)15(26-18)11-12-5-6-16(25-12)22-7-9-24-10-8-22/h1-6,11H,7-10H2,(H,20,21,23)/b15-11-. The molecule has 2 aromatic rings. The fourth-order valence-electron chi connectivity index (χ4n) is 2.64. The van der Waals surface area contributed by atoms with Crippen molar-refractivity contribution in [2.75, 3.05) is 31.2 Å². The van der Waals surface area contributed by atoms with Crippen LogP contribution in [0.5, 0.6) is 0 Å². The molecule has 6 nitrogen and oxygen atoms in total. The van der Waals surface area contributed by atoms with Gasteiger partial charge in [0.15, 0.2) is 11.1 Å². The number of amidine groups is 1. The molecule has 2 fully saturated rings. The van der Waals surface area contributed by atoms with E-state index in [1.807, 2.05) is 12.1 Å². The Morgan fingerprint density at radius 1 is 1.19 bits per heavy atom. The van der Waals surface area contributed by atoms with Crippen LogP contribution >= 0.6 is 11.8 Å². The number of hydrogen-bond acceptors (Lipinski definition) is 6.